The van der Waals surface area contributed by atoms with Gasteiger partial charge in [-0.3, -0.25) is 14.4 Å². The average molecular weight is 929 g/mol. The van der Waals surface area contributed by atoms with Gasteiger partial charge in [-0.2, -0.15) is 0 Å². The lowest BCUT2D eigenvalue weighted by Gasteiger charge is -2.18. The van der Waals surface area contributed by atoms with E-state index in [0.717, 1.165) is 103 Å². The van der Waals surface area contributed by atoms with Gasteiger partial charge < -0.3 is 14.2 Å². The van der Waals surface area contributed by atoms with Gasteiger partial charge in [0.1, 0.15) is 13.2 Å². The SMILES string of the molecule is CC/C=C\C/C=C\C/C=C\C/C=C\C/C=C\C/C=C\C/C=C\C/C=C\C/C=C\CCCC(=O)OCC(COC(=O)CCCCCCCCCCC)OC(=O)CCCCCCCCCCCCC. The van der Waals surface area contributed by atoms with E-state index in [1.54, 1.807) is 0 Å². The third kappa shape index (κ3) is 52.9. The fourth-order valence-corrected chi connectivity index (χ4v) is 7.21. The molecule has 0 saturated carbocycles. The first-order valence-electron chi connectivity index (χ1n) is 27.4. The van der Waals surface area contributed by atoms with Gasteiger partial charge in [-0.05, 0) is 83.5 Å². The number of carbonyl (C=O) groups is 3. The Morgan fingerprint density at radius 1 is 0.313 bits per heavy atom. The highest BCUT2D eigenvalue weighted by atomic mass is 16.6. The van der Waals surface area contributed by atoms with E-state index < -0.39 is 6.10 Å². The van der Waals surface area contributed by atoms with Crippen LogP contribution < -0.4 is 0 Å². The van der Waals surface area contributed by atoms with E-state index in [4.69, 9.17) is 14.2 Å². The van der Waals surface area contributed by atoms with Crippen molar-refractivity contribution in [2.45, 2.75) is 245 Å². The van der Waals surface area contributed by atoms with Gasteiger partial charge in [-0.1, -0.05) is 246 Å². The zero-order valence-electron chi connectivity index (χ0n) is 43.4. The molecule has 0 bridgehead atoms. The molecule has 0 aromatic heterocycles. The van der Waals surface area contributed by atoms with E-state index >= 15 is 0 Å². The van der Waals surface area contributed by atoms with Crippen LogP contribution in [-0.2, 0) is 28.6 Å². The van der Waals surface area contributed by atoms with E-state index in [1.807, 2.05) is 0 Å². The highest BCUT2D eigenvalue weighted by Gasteiger charge is 2.19. The molecule has 0 aliphatic heterocycles. The largest absolute Gasteiger partial charge is 0.462 e. The molecule has 0 aromatic carbocycles. The number of allylic oxidation sites excluding steroid dienone is 18. The molecule has 0 rings (SSSR count). The number of rotatable bonds is 48. The number of ether oxygens (including phenoxy) is 3. The third-order valence-electron chi connectivity index (χ3n) is 11.3. The molecule has 0 aliphatic rings. The van der Waals surface area contributed by atoms with Gasteiger partial charge in [0, 0.05) is 19.3 Å². The van der Waals surface area contributed by atoms with Crippen molar-refractivity contribution in [1.29, 1.82) is 0 Å². The highest BCUT2D eigenvalue weighted by molar-refractivity contribution is 5.71. The Morgan fingerprint density at radius 3 is 0.910 bits per heavy atom. The Morgan fingerprint density at radius 2 is 0.582 bits per heavy atom. The lowest BCUT2D eigenvalue weighted by Crippen LogP contribution is -2.30. The van der Waals surface area contributed by atoms with Crippen molar-refractivity contribution in [2.75, 3.05) is 13.2 Å². The molecule has 6 heteroatoms. The Labute approximate surface area is 412 Å². The molecule has 0 amide bonds. The van der Waals surface area contributed by atoms with Gasteiger partial charge in [0.15, 0.2) is 6.10 Å². The molecule has 0 radical (unpaired) electrons. The van der Waals surface area contributed by atoms with Crippen LogP contribution >= 0.6 is 0 Å². The summed E-state index contributed by atoms with van der Waals surface area (Å²) < 4.78 is 16.7. The predicted octanol–water partition coefficient (Wildman–Crippen LogP) is 18.3. The summed E-state index contributed by atoms with van der Waals surface area (Å²) in [5.74, 6) is -0.963. The van der Waals surface area contributed by atoms with E-state index in [9.17, 15) is 14.4 Å². The summed E-state index contributed by atoms with van der Waals surface area (Å²) in [6, 6.07) is 0. The molecule has 0 N–H and O–H groups in total. The van der Waals surface area contributed by atoms with Crippen LogP contribution in [0, 0.1) is 0 Å². The smallest absolute Gasteiger partial charge is 0.306 e. The number of hydrogen-bond acceptors (Lipinski definition) is 6. The van der Waals surface area contributed by atoms with Gasteiger partial charge in [0.05, 0.1) is 0 Å². The quantitative estimate of drug-likeness (QED) is 0.0262. The molecule has 1 atom stereocenters. The van der Waals surface area contributed by atoms with Crippen LogP contribution in [0.2, 0.25) is 0 Å². The van der Waals surface area contributed by atoms with E-state index in [0.29, 0.717) is 19.3 Å². The Hall–Kier alpha value is -3.93. The fraction of sp³-hybridized carbons (Fsp3) is 0.656. The molecular formula is C61H100O6. The van der Waals surface area contributed by atoms with Crippen molar-refractivity contribution in [3.63, 3.8) is 0 Å². The molecule has 0 aliphatic carbocycles. The van der Waals surface area contributed by atoms with Crippen LogP contribution in [0.25, 0.3) is 0 Å². The fourth-order valence-electron chi connectivity index (χ4n) is 7.21. The van der Waals surface area contributed by atoms with E-state index in [-0.39, 0.29) is 37.5 Å². The second-order valence-electron chi connectivity index (χ2n) is 17.8. The van der Waals surface area contributed by atoms with E-state index in [1.165, 1.54) is 89.9 Å². The van der Waals surface area contributed by atoms with Crippen LogP contribution in [0.15, 0.2) is 109 Å². The monoisotopic (exact) mass is 929 g/mol. The summed E-state index contributed by atoms with van der Waals surface area (Å²) in [6.07, 6.45) is 73.8. The maximum absolute atomic E-state index is 12.7. The zero-order valence-corrected chi connectivity index (χ0v) is 43.4. The maximum atomic E-state index is 12.7. The Kier molecular flexibility index (Phi) is 51.5. The summed E-state index contributed by atoms with van der Waals surface area (Å²) in [4.78, 5) is 37.8. The maximum Gasteiger partial charge on any atom is 0.306 e. The molecule has 0 heterocycles. The van der Waals surface area contributed by atoms with Gasteiger partial charge in [-0.15, -0.1) is 0 Å². The van der Waals surface area contributed by atoms with Crippen LogP contribution in [0.5, 0.6) is 0 Å². The van der Waals surface area contributed by atoms with Crippen LogP contribution in [0.4, 0.5) is 0 Å². The number of carbonyl (C=O) groups excluding carboxylic acids is 3. The molecule has 0 spiro atoms. The molecule has 0 saturated heterocycles. The second-order valence-corrected chi connectivity index (χ2v) is 17.8. The minimum atomic E-state index is -0.797. The minimum absolute atomic E-state index is 0.0942. The van der Waals surface area contributed by atoms with Gasteiger partial charge in [0.25, 0.3) is 0 Å². The standard InChI is InChI=1S/C61H100O6/c1-4-7-10-13-16-19-21-22-23-24-25-26-27-28-29-30-31-32-33-34-35-36-37-38-40-42-45-48-51-54-60(63)66-57-58(56-65-59(62)53-50-47-44-41-18-15-12-9-6-3)67-61(64)55-52-49-46-43-39-20-17-14-11-8-5-2/h7,10,16,19,22-23,25-26,28-29,31-32,34-35,37-38,42,45,58H,4-6,8-9,11-15,17-18,20-21,24,27,30,33,36,39-41,43-44,46-57H2,1-3H3/b10-7-,19-16-,23-22-,26-25-,29-28-,32-31-,35-34-,38-37-,45-42-. The van der Waals surface area contributed by atoms with Crippen molar-refractivity contribution in [1.82, 2.24) is 0 Å². The molecule has 6 nitrogen and oxygen atoms in total. The van der Waals surface area contributed by atoms with E-state index in [2.05, 4.69) is 130 Å². The Balaban J connectivity index is 4.32. The Bertz CT molecular complexity index is 1390. The number of hydrogen-bond donors (Lipinski definition) is 0. The van der Waals surface area contributed by atoms with Crippen molar-refractivity contribution < 1.29 is 28.6 Å². The van der Waals surface area contributed by atoms with Crippen molar-refractivity contribution in [2.24, 2.45) is 0 Å². The number of unbranched alkanes of at least 4 members (excludes halogenated alkanes) is 19. The molecule has 0 fully saturated rings. The zero-order chi connectivity index (χ0) is 48.6. The highest BCUT2D eigenvalue weighted by Crippen LogP contribution is 2.14. The van der Waals surface area contributed by atoms with Gasteiger partial charge in [0.2, 0.25) is 0 Å². The summed E-state index contributed by atoms with van der Waals surface area (Å²) >= 11 is 0. The lowest BCUT2D eigenvalue weighted by molar-refractivity contribution is -0.167. The molecule has 1 unspecified atom stereocenters. The summed E-state index contributed by atoms with van der Waals surface area (Å²) in [5, 5.41) is 0. The van der Waals surface area contributed by atoms with Crippen LogP contribution in [0.3, 0.4) is 0 Å². The minimum Gasteiger partial charge on any atom is -0.462 e. The van der Waals surface area contributed by atoms with Gasteiger partial charge >= 0.3 is 17.9 Å². The van der Waals surface area contributed by atoms with Gasteiger partial charge in [-0.25, -0.2) is 0 Å². The third-order valence-corrected chi connectivity index (χ3v) is 11.3. The molecule has 67 heavy (non-hydrogen) atoms. The first kappa shape index (κ1) is 63.1. The van der Waals surface area contributed by atoms with Crippen LogP contribution in [-0.4, -0.2) is 37.2 Å². The van der Waals surface area contributed by atoms with Crippen LogP contribution in [0.1, 0.15) is 239 Å². The lowest BCUT2D eigenvalue weighted by atomic mass is 10.1. The molecule has 0 aromatic rings. The first-order valence-corrected chi connectivity index (χ1v) is 27.4. The predicted molar refractivity (Wildman–Crippen MR) is 288 cm³/mol. The topological polar surface area (TPSA) is 78.9 Å². The molecule has 380 valence electrons. The number of esters is 3. The van der Waals surface area contributed by atoms with Crippen molar-refractivity contribution in [3.05, 3.63) is 109 Å². The first-order chi connectivity index (χ1) is 33.0. The summed E-state index contributed by atoms with van der Waals surface area (Å²) in [5.41, 5.74) is 0. The van der Waals surface area contributed by atoms with Crippen molar-refractivity contribution >= 4 is 17.9 Å². The summed E-state index contributed by atoms with van der Waals surface area (Å²) in [7, 11) is 0. The second kappa shape index (κ2) is 54.7. The summed E-state index contributed by atoms with van der Waals surface area (Å²) in [6.45, 7) is 6.44. The molecular weight excluding hydrogens is 829 g/mol. The van der Waals surface area contributed by atoms with Crippen molar-refractivity contribution in [3.8, 4) is 0 Å². The average Bonchev–Trinajstić information content (AvgIpc) is 3.33. The normalized spacial score (nSPS) is 12.9.